The number of rotatable bonds is 11. The third-order valence-corrected chi connectivity index (χ3v) is 3.99. The van der Waals surface area contributed by atoms with Crippen LogP contribution in [0.25, 0.3) is 0 Å². The molecule has 0 bridgehead atoms. The third-order valence-electron chi connectivity index (χ3n) is 3.99. The summed E-state index contributed by atoms with van der Waals surface area (Å²) in [6.07, 6.45) is 1.69. The minimum Gasteiger partial charge on any atom is -0.494 e. The van der Waals surface area contributed by atoms with Gasteiger partial charge in [-0.15, -0.1) is 0 Å². The molecule has 0 aliphatic heterocycles. The topological polar surface area (TPSA) is 56.8 Å². The second-order valence-corrected chi connectivity index (χ2v) is 5.93. The molecule has 0 aromatic heterocycles. The lowest BCUT2D eigenvalue weighted by Crippen LogP contribution is -2.24. The lowest BCUT2D eigenvalue weighted by atomic mass is 10.1. The first kappa shape index (κ1) is 20.6. The molecule has 0 fully saturated rings. The summed E-state index contributed by atoms with van der Waals surface area (Å²) in [5, 5.41) is 2.97. The van der Waals surface area contributed by atoms with Crippen molar-refractivity contribution in [3.8, 4) is 17.2 Å². The van der Waals surface area contributed by atoms with Crippen molar-refractivity contribution >= 4 is 5.91 Å². The van der Waals surface area contributed by atoms with Gasteiger partial charge in [-0.25, -0.2) is 0 Å². The van der Waals surface area contributed by atoms with Crippen LogP contribution in [0.5, 0.6) is 17.2 Å². The minimum absolute atomic E-state index is 0.114. The maximum absolute atomic E-state index is 12.4. The maximum Gasteiger partial charge on any atom is 0.251 e. The summed E-state index contributed by atoms with van der Waals surface area (Å²) < 4.78 is 16.8. The van der Waals surface area contributed by atoms with Crippen LogP contribution in [0.4, 0.5) is 0 Å². The van der Waals surface area contributed by atoms with E-state index in [1.807, 2.05) is 39.0 Å². The van der Waals surface area contributed by atoms with Crippen LogP contribution in [-0.4, -0.2) is 32.3 Å². The van der Waals surface area contributed by atoms with Gasteiger partial charge in [0, 0.05) is 12.1 Å². The van der Waals surface area contributed by atoms with E-state index in [1.165, 1.54) is 0 Å². The summed E-state index contributed by atoms with van der Waals surface area (Å²) in [5.41, 5.74) is 1.73. The Labute approximate surface area is 161 Å². The molecule has 0 unspecified atom stereocenters. The van der Waals surface area contributed by atoms with Crippen molar-refractivity contribution in [1.29, 1.82) is 0 Å². The predicted octanol–water partition coefficient (Wildman–Crippen LogP) is 4.25. The zero-order valence-electron chi connectivity index (χ0n) is 16.4. The fourth-order valence-electron chi connectivity index (χ4n) is 2.78. The van der Waals surface area contributed by atoms with Gasteiger partial charge >= 0.3 is 0 Å². The van der Waals surface area contributed by atoms with Crippen LogP contribution in [0.15, 0.2) is 42.5 Å². The second-order valence-electron chi connectivity index (χ2n) is 5.93. The van der Waals surface area contributed by atoms with Crippen molar-refractivity contribution in [3.63, 3.8) is 0 Å². The van der Waals surface area contributed by atoms with Gasteiger partial charge in [-0.05, 0) is 63.4 Å². The Hall–Kier alpha value is -2.69. The van der Waals surface area contributed by atoms with E-state index in [9.17, 15) is 4.79 Å². The predicted molar refractivity (Wildman–Crippen MR) is 107 cm³/mol. The Morgan fingerprint density at radius 2 is 1.52 bits per heavy atom. The molecule has 146 valence electrons. The van der Waals surface area contributed by atoms with Gasteiger partial charge in [0.1, 0.15) is 5.75 Å². The van der Waals surface area contributed by atoms with Crippen LogP contribution in [-0.2, 0) is 6.42 Å². The van der Waals surface area contributed by atoms with Crippen LogP contribution < -0.4 is 19.5 Å². The lowest BCUT2D eigenvalue weighted by Gasteiger charge is -2.13. The van der Waals surface area contributed by atoms with Crippen LogP contribution in [0.1, 0.15) is 43.1 Å². The molecule has 0 aliphatic rings. The Morgan fingerprint density at radius 1 is 0.852 bits per heavy atom. The Kier molecular flexibility index (Phi) is 8.49. The molecule has 0 radical (unpaired) electrons. The molecule has 0 spiro atoms. The number of amides is 1. The summed E-state index contributed by atoms with van der Waals surface area (Å²) in [5.74, 6) is 2.05. The number of benzene rings is 2. The highest BCUT2D eigenvalue weighted by molar-refractivity contribution is 5.94. The molecule has 0 saturated carbocycles. The number of para-hydroxylation sites is 1. The lowest BCUT2D eigenvalue weighted by molar-refractivity contribution is 0.0952. The molecule has 0 heterocycles. The Bertz CT molecular complexity index is 730. The molecule has 1 amide bonds. The van der Waals surface area contributed by atoms with Crippen molar-refractivity contribution in [3.05, 3.63) is 53.6 Å². The zero-order valence-corrected chi connectivity index (χ0v) is 16.4. The standard InChI is InChI=1S/C22H29NO4/c1-4-25-19-12-8-7-10-17(19)11-9-15-23-22(24)18-13-14-20(26-5-2)21(16-18)27-6-3/h7-8,10,12-14,16H,4-6,9,11,15H2,1-3H3,(H,23,24). The van der Waals surface area contributed by atoms with E-state index < -0.39 is 0 Å². The van der Waals surface area contributed by atoms with Gasteiger partial charge in [0.15, 0.2) is 11.5 Å². The van der Waals surface area contributed by atoms with E-state index in [0.717, 1.165) is 24.2 Å². The van der Waals surface area contributed by atoms with Crippen LogP contribution >= 0.6 is 0 Å². The molecule has 2 aromatic carbocycles. The molecule has 1 N–H and O–H groups in total. The summed E-state index contributed by atoms with van der Waals surface area (Å²) in [7, 11) is 0. The molecular formula is C22H29NO4. The first-order chi connectivity index (χ1) is 13.2. The van der Waals surface area contributed by atoms with E-state index in [1.54, 1.807) is 18.2 Å². The van der Waals surface area contributed by atoms with Crippen LogP contribution in [0, 0.1) is 0 Å². The van der Waals surface area contributed by atoms with Crippen molar-refractivity contribution in [2.24, 2.45) is 0 Å². The SMILES string of the molecule is CCOc1ccccc1CCCNC(=O)c1ccc(OCC)c(OCC)c1. The van der Waals surface area contributed by atoms with Gasteiger partial charge in [0.05, 0.1) is 19.8 Å². The number of ether oxygens (including phenoxy) is 3. The first-order valence-electron chi connectivity index (χ1n) is 9.58. The normalized spacial score (nSPS) is 10.3. The summed E-state index contributed by atoms with van der Waals surface area (Å²) >= 11 is 0. The van der Waals surface area contributed by atoms with Gasteiger partial charge in [0.25, 0.3) is 5.91 Å². The number of carbonyl (C=O) groups is 1. The maximum atomic E-state index is 12.4. The van der Waals surface area contributed by atoms with E-state index >= 15 is 0 Å². The fraction of sp³-hybridized carbons (Fsp3) is 0.409. The van der Waals surface area contributed by atoms with Crippen molar-refractivity contribution in [2.75, 3.05) is 26.4 Å². The van der Waals surface area contributed by atoms with E-state index in [4.69, 9.17) is 14.2 Å². The van der Waals surface area contributed by atoms with Gasteiger partial charge in [-0.2, -0.15) is 0 Å². The smallest absolute Gasteiger partial charge is 0.251 e. The quantitative estimate of drug-likeness (QED) is 0.600. The average molecular weight is 371 g/mol. The van der Waals surface area contributed by atoms with Crippen molar-refractivity contribution < 1.29 is 19.0 Å². The largest absolute Gasteiger partial charge is 0.494 e. The number of hydrogen-bond donors (Lipinski definition) is 1. The van der Waals surface area contributed by atoms with Gasteiger partial charge < -0.3 is 19.5 Å². The number of hydrogen-bond acceptors (Lipinski definition) is 4. The molecule has 27 heavy (non-hydrogen) atoms. The first-order valence-corrected chi connectivity index (χ1v) is 9.58. The molecule has 0 aliphatic carbocycles. The molecule has 0 atom stereocenters. The highest BCUT2D eigenvalue weighted by Crippen LogP contribution is 2.28. The zero-order chi connectivity index (χ0) is 19.5. The molecular weight excluding hydrogens is 342 g/mol. The van der Waals surface area contributed by atoms with E-state index in [0.29, 0.717) is 43.4 Å². The van der Waals surface area contributed by atoms with E-state index in [2.05, 4.69) is 11.4 Å². The fourth-order valence-corrected chi connectivity index (χ4v) is 2.78. The summed E-state index contributed by atoms with van der Waals surface area (Å²) in [6.45, 7) is 8.11. The Morgan fingerprint density at radius 3 is 2.26 bits per heavy atom. The summed E-state index contributed by atoms with van der Waals surface area (Å²) in [4.78, 5) is 12.4. The monoisotopic (exact) mass is 371 g/mol. The highest BCUT2D eigenvalue weighted by atomic mass is 16.5. The summed E-state index contributed by atoms with van der Waals surface area (Å²) in [6, 6.07) is 13.3. The molecule has 5 nitrogen and oxygen atoms in total. The number of aryl methyl sites for hydroxylation is 1. The second kappa shape index (κ2) is 11.1. The number of nitrogens with one attached hydrogen (secondary N) is 1. The molecule has 0 saturated heterocycles. The highest BCUT2D eigenvalue weighted by Gasteiger charge is 2.11. The van der Waals surface area contributed by atoms with Crippen LogP contribution in [0.2, 0.25) is 0 Å². The molecule has 5 heteroatoms. The van der Waals surface area contributed by atoms with Crippen molar-refractivity contribution in [1.82, 2.24) is 5.32 Å². The van der Waals surface area contributed by atoms with E-state index in [-0.39, 0.29) is 5.91 Å². The molecule has 2 aromatic rings. The Balaban J connectivity index is 1.89. The van der Waals surface area contributed by atoms with Gasteiger partial charge in [-0.1, -0.05) is 18.2 Å². The number of carbonyl (C=O) groups excluding carboxylic acids is 1. The average Bonchev–Trinajstić information content (AvgIpc) is 2.68. The van der Waals surface area contributed by atoms with Gasteiger partial charge in [-0.3, -0.25) is 4.79 Å². The van der Waals surface area contributed by atoms with Gasteiger partial charge in [0.2, 0.25) is 0 Å². The third kappa shape index (κ3) is 6.20. The van der Waals surface area contributed by atoms with Crippen molar-refractivity contribution in [2.45, 2.75) is 33.6 Å². The molecule has 2 rings (SSSR count). The van der Waals surface area contributed by atoms with Crippen LogP contribution in [0.3, 0.4) is 0 Å². The minimum atomic E-state index is -0.114.